The van der Waals surface area contributed by atoms with Gasteiger partial charge in [-0.1, -0.05) is 6.07 Å². The Morgan fingerprint density at radius 3 is 2.82 bits per heavy atom. The van der Waals surface area contributed by atoms with Gasteiger partial charge < -0.3 is 10.6 Å². The first-order valence-electron chi connectivity index (χ1n) is 4.85. The lowest BCUT2D eigenvalue weighted by molar-refractivity contribution is 0.628. The van der Waals surface area contributed by atoms with Gasteiger partial charge in [0, 0.05) is 12.7 Å². The van der Waals surface area contributed by atoms with Gasteiger partial charge in [0.25, 0.3) is 0 Å². The highest BCUT2D eigenvalue weighted by atomic mass is 79.9. The van der Waals surface area contributed by atoms with E-state index in [0.717, 1.165) is 0 Å². The fourth-order valence-corrected chi connectivity index (χ4v) is 1.89. The molecule has 4 nitrogen and oxygen atoms in total. The number of nitrogens with zero attached hydrogens (tertiary/aromatic N) is 3. The normalized spacial score (nSPS) is 10.3. The fraction of sp³-hybridized carbons (Fsp3) is 0.0909. The number of aromatic nitrogens is 2. The molecule has 0 aliphatic heterocycles. The van der Waals surface area contributed by atoms with Gasteiger partial charge in [0.2, 0.25) is 0 Å². The maximum atomic E-state index is 13.1. The minimum atomic E-state index is -0.299. The predicted octanol–water partition coefficient (Wildman–Crippen LogP) is 2.73. The van der Waals surface area contributed by atoms with Crippen LogP contribution in [0.3, 0.4) is 0 Å². The van der Waals surface area contributed by atoms with Gasteiger partial charge in [-0.2, -0.15) is 0 Å². The van der Waals surface area contributed by atoms with Crippen LogP contribution in [0.5, 0.6) is 0 Å². The molecule has 0 aliphatic carbocycles. The van der Waals surface area contributed by atoms with Crippen LogP contribution in [-0.2, 0) is 0 Å². The van der Waals surface area contributed by atoms with Gasteiger partial charge in [0.05, 0.1) is 0 Å². The lowest BCUT2D eigenvalue weighted by atomic mass is 10.3. The number of rotatable bonds is 2. The summed E-state index contributed by atoms with van der Waals surface area (Å²) in [5.74, 6) is 0.633. The van der Waals surface area contributed by atoms with Crippen LogP contribution in [0.1, 0.15) is 0 Å². The molecule has 2 rings (SSSR count). The van der Waals surface area contributed by atoms with Crippen LogP contribution in [0.4, 0.5) is 21.7 Å². The number of hydrogen-bond donors (Lipinski definition) is 1. The molecule has 1 aromatic heterocycles. The van der Waals surface area contributed by atoms with Crippen LogP contribution >= 0.6 is 15.9 Å². The minimum absolute atomic E-state index is 0.299. The van der Waals surface area contributed by atoms with Gasteiger partial charge >= 0.3 is 0 Å². The van der Waals surface area contributed by atoms with Gasteiger partial charge in [-0.25, -0.2) is 14.4 Å². The average molecular weight is 297 g/mol. The molecule has 17 heavy (non-hydrogen) atoms. The van der Waals surface area contributed by atoms with Crippen molar-refractivity contribution in [3.8, 4) is 0 Å². The number of nitrogen functional groups attached to an aromatic ring is 1. The van der Waals surface area contributed by atoms with Crippen molar-refractivity contribution in [2.45, 2.75) is 0 Å². The van der Waals surface area contributed by atoms with E-state index < -0.39 is 0 Å². The van der Waals surface area contributed by atoms with Crippen LogP contribution < -0.4 is 10.6 Å². The van der Waals surface area contributed by atoms with Gasteiger partial charge in [0.15, 0.2) is 5.82 Å². The highest BCUT2D eigenvalue weighted by Crippen LogP contribution is 2.31. The molecule has 0 atom stereocenters. The Bertz CT molecular complexity index is 547. The highest BCUT2D eigenvalue weighted by Gasteiger charge is 2.12. The summed E-state index contributed by atoms with van der Waals surface area (Å²) in [6.45, 7) is 0. The first kappa shape index (κ1) is 11.8. The number of nitrogens with two attached hydrogens (primary N) is 1. The predicted molar refractivity (Wildman–Crippen MR) is 68.6 cm³/mol. The molecular weight excluding hydrogens is 287 g/mol. The number of hydrogen-bond acceptors (Lipinski definition) is 4. The van der Waals surface area contributed by atoms with Gasteiger partial charge in [-0.05, 0) is 34.1 Å². The summed E-state index contributed by atoms with van der Waals surface area (Å²) in [4.78, 5) is 9.69. The van der Waals surface area contributed by atoms with E-state index in [2.05, 4.69) is 25.9 Å². The van der Waals surface area contributed by atoms with Crippen LogP contribution in [0.15, 0.2) is 35.1 Å². The van der Waals surface area contributed by atoms with Crippen LogP contribution in [-0.4, -0.2) is 17.0 Å². The number of anilines is 3. The maximum absolute atomic E-state index is 13.1. The van der Waals surface area contributed by atoms with Gasteiger partial charge in [-0.15, -0.1) is 0 Å². The molecule has 0 bridgehead atoms. The smallest absolute Gasteiger partial charge is 0.152 e. The molecule has 0 amide bonds. The standard InChI is InChI=1S/C11H10BrFN4/c1-17(8-4-2-3-7(13)5-8)11-9(12)10(14)15-6-16-11/h2-6H,1H3,(H2,14,15,16). The Morgan fingerprint density at radius 2 is 2.12 bits per heavy atom. The van der Waals surface area contributed by atoms with E-state index in [1.54, 1.807) is 24.1 Å². The molecule has 88 valence electrons. The zero-order valence-electron chi connectivity index (χ0n) is 9.06. The summed E-state index contributed by atoms with van der Waals surface area (Å²) in [6, 6.07) is 6.24. The molecule has 0 fully saturated rings. The number of halogens is 2. The second-order valence-electron chi connectivity index (χ2n) is 3.44. The summed E-state index contributed by atoms with van der Waals surface area (Å²) in [5.41, 5.74) is 6.35. The molecule has 0 radical (unpaired) electrons. The third-order valence-electron chi connectivity index (χ3n) is 2.31. The Labute approximate surface area is 106 Å². The second-order valence-corrected chi connectivity index (χ2v) is 4.23. The SMILES string of the molecule is CN(c1cccc(F)c1)c1ncnc(N)c1Br. The van der Waals surface area contributed by atoms with Crippen molar-refractivity contribution in [3.63, 3.8) is 0 Å². The lowest BCUT2D eigenvalue weighted by Crippen LogP contribution is -2.13. The zero-order chi connectivity index (χ0) is 12.4. The molecule has 0 saturated heterocycles. The van der Waals surface area contributed by atoms with Crippen molar-refractivity contribution in [2.24, 2.45) is 0 Å². The summed E-state index contributed by atoms with van der Waals surface area (Å²) >= 11 is 3.31. The molecule has 2 aromatic rings. The summed E-state index contributed by atoms with van der Waals surface area (Å²) < 4.78 is 13.7. The topological polar surface area (TPSA) is 55.0 Å². The van der Waals surface area contributed by atoms with Crippen molar-refractivity contribution in [1.82, 2.24) is 9.97 Å². The quantitative estimate of drug-likeness (QED) is 0.926. The van der Waals surface area contributed by atoms with Gasteiger partial charge in [-0.3, -0.25) is 0 Å². The highest BCUT2D eigenvalue weighted by molar-refractivity contribution is 9.10. The monoisotopic (exact) mass is 296 g/mol. The van der Waals surface area contributed by atoms with E-state index in [1.807, 2.05) is 0 Å². The third-order valence-corrected chi connectivity index (χ3v) is 3.07. The fourth-order valence-electron chi connectivity index (χ4n) is 1.41. The molecule has 6 heteroatoms. The minimum Gasteiger partial charge on any atom is -0.383 e. The molecular formula is C11H10BrFN4. The van der Waals surface area contributed by atoms with Crippen molar-refractivity contribution >= 4 is 33.3 Å². The molecule has 2 N–H and O–H groups in total. The Kier molecular flexibility index (Phi) is 3.23. The van der Waals surface area contributed by atoms with Crippen molar-refractivity contribution in [1.29, 1.82) is 0 Å². The van der Waals surface area contributed by atoms with Crippen LogP contribution in [0.2, 0.25) is 0 Å². The van der Waals surface area contributed by atoms with Gasteiger partial charge in [0.1, 0.15) is 22.4 Å². The van der Waals surface area contributed by atoms with Crippen molar-refractivity contribution in [3.05, 3.63) is 40.9 Å². The molecule has 1 aromatic carbocycles. The summed E-state index contributed by atoms with van der Waals surface area (Å²) in [5, 5.41) is 0. The van der Waals surface area contributed by atoms with E-state index >= 15 is 0 Å². The van der Waals surface area contributed by atoms with E-state index in [0.29, 0.717) is 21.8 Å². The molecule has 0 unspecified atom stereocenters. The third kappa shape index (κ3) is 2.36. The maximum Gasteiger partial charge on any atom is 0.152 e. The zero-order valence-corrected chi connectivity index (χ0v) is 10.6. The summed E-state index contributed by atoms with van der Waals surface area (Å²) in [7, 11) is 1.78. The first-order chi connectivity index (χ1) is 8.09. The number of benzene rings is 1. The molecule has 0 aliphatic rings. The lowest BCUT2D eigenvalue weighted by Gasteiger charge is -2.19. The van der Waals surface area contributed by atoms with Crippen molar-refractivity contribution < 1.29 is 4.39 Å². The van der Waals surface area contributed by atoms with Crippen LogP contribution in [0, 0.1) is 5.82 Å². The van der Waals surface area contributed by atoms with E-state index in [-0.39, 0.29) is 5.82 Å². The second kappa shape index (κ2) is 4.67. The molecule has 0 saturated carbocycles. The Morgan fingerprint density at radius 1 is 1.35 bits per heavy atom. The largest absolute Gasteiger partial charge is 0.383 e. The van der Waals surface area contributed by atoms with E-state index in [4.69, 9.17) is 5.73 Å². The van der Waals surface area contributed by atoms with E-state index in [9.17, 15) is 4.39 Å². The van der Waals surface area contributed by atoms with E-state index in [1.165, 1.54) is 18.5 Å². The summed E-state index contributed by atoms with van der Waals surface area (Å²) in [6.07, 6.45) is 1.37. The molecule has 1 heterocycles. The first-order valence-corrected chi connectivity index (χ1v) is 5.64. The van der Waals surface area contributed by atoms with Crippen LogP contribution in [0.25, 0.3) is 0 Å². The average Bonchev–Trinajstić information content (AvgIpc) is 2.32. The Balaban J connectivity index is 2.44. The molecule has 0 spiro atoms. The van der Waals surface area contributed by atoms with Crippen molar-refractivity contribution in [2.75, 3.05) is 17.7 Å². The Hall–Kier alpha value is -1.69.